The maximum atomic E-state index is 3.54. The van der Waals surface area contributed by atoms with Crippen molar-refractivity contribution in [1.29, 1.82) is 0 Å². The summed E-state index contributed by atoms with van der Waals surface area (Å²) < 4.78 is 0. The maximum absolute atomic E-state index is 3.54. The molecule has 0 heterocycles. The van der Waals surface area contributed by atoms with Crippen LogP contribution in [0.3, 0.4) is 0 Å². The molecule has 0 aliphatic rings. The number of unbranched alkanes of at least 4 members (excludes halogenated alkanes) is 17. The summed E-state index contributed by atoms with van der Waals surface area (Å²) in [6, 6.07) is 0. The molecule has 0 bridgehead atoms. The number of rotatable bonds is 21. The van der Waals surface area contributed by atoms with E-state index in [2.05, 4.69) is 19.2 Å². The fourth-order valence-corrected chi connectivity index (χ4v) is 3.40. The monoisotopic (exact) mass is 339 g/mol. The van der Waals surface area contributed by atoms with Crippen LogP contribution in [0.5, 0.6) is 0 Å². The van der Waals surface area contributed by atoms with Crippen molar-refractivity contribution in [2.75, 3.05) is 13.1 Å². The lowest BCUT2D eigenvalue weighted by Crippen LogP contribution is -2.16. The predicted molar refractivity (Wildman–Crippen MR) is 112 cm³/mol. The van der Waals surface area contributed by atoms with Gasteiger partial charge in [0.25, 0.3) is 0 Å². The van der Waals surface area contributed by atoms with Crippen LogP contribution >= 0.6 is 0 Å². The molecule has 0 saturated carbocycles. The Labute approximate surface area is 154 Å². The molecule has 1 N–H and O–H groups in total. The first-order valence-corrected chi connectivity index (χ1v) is 11.6. The summed E-state index contributed by atoms with van der Waals surface area (Å²) in [5.41, 5.74) is 0. The number of hydrogen-bond donors (Lipinski definition) is 1. The van der Waals surface area contributed by atoms with Crippen molar-refractivity contribution < 1.29 is 0 Å². The van der Waals surface area contributed by atoms with E-state index >= 15 is 0 Å². The largest absolute Gasteiger partial charge is 0.317 e. The van der Waals surface area contributed by atoms with Gasteiger partial charge in [0.05, 0.1) is 0 Å². The topological polar surface area (TPSA) is 12.0 Å². The molecule has 0 unspecified atom stereocenters. The van der Waals surface area contributed by atoms with Gasteiger partial charge in [0.15, 0.2) is 0 Å². The van der Waals surface area contributed by atoms with Crippen molar-refractivity contribution in [3.63, 3.8) is 0 Å². The maximum Gasteiger partial charge on any atom is -0.00489 e. The van der Waals surface area contributed by atoms with Crippen LogP contribution in [0, 0.1) is 0 Å². The molecule has 0 aromatic rings. The van der Waals surface area contributed by atoms with Gasteiger partial charge in [-0.15, -0.1) is 0 Å². The molecule has 0 aliphatic heterocycles. The molecule has 0 atom stereocenters. The minimum atomic E-state index is 1.22. The lowest BCUT2D eigenvalue weighted by atomic mass is 10.0. The van der Waals surface area contributed by atoms with E-state index in [0.29, 0.717) is 0 Å². The molecular formula is C23H49N. The Morgan fingerprint density at radius 2 is 0.625 bits per heavy atom. The third-order valence-corrected chi connectivity index (χ3v) is 5.16. The molecule has 0 saturated heterocycles. The van der Waals surface area contributed by atoms with Crippen molar-refractivity contribution in [2.24, 2.45) is 0 Å². The quantitative estimate of drug-likeness (QED) is 0.209. The molecule has 24 heavy (non-hydrogen) atoms. The van der Waals surface area contributed by atoms with E-state index in [-0.39, 0.29) is 0 Å². The molecular weight excluding hydrogens is 290 g/mol. The standard InChI is InChI=1S/C23H49N/c1-3-5-7-8-9-10-11-12-13-14-15-16-17-18-19-20-21-23-24-22-6-4-2/h24H,3-23H2,1-2H3. The van der Waals surface area contributed by atoms with Crippen molar-refractivity contribution >= 4 is 0 Å². The summed E-state index contributed by atoms with van der Waals surface area (Å²) in [5, 5.41) is 3.54. The van der Waals surface area contributed by atoms with Gasteiger partial charge in [0.2, 0.25) is 0 Å². The molecule has 146 valence electrons. The molecule has 0 radical (unpaired) electrons. The van der Waals surface area contributed by atoms with Crippen molar-refractivity contribution in [3.8, 4) is 0 Å². The van der Waals surface area contributed by atoms with Gasteiger partial charge in [-0.1, -0.05) is 123 Å². The van der Waals surface area contributed by atoms with Crippen LogP contribution in [0.2, 0.25) is 0 Å². The summed E-state index contributed by atoms with van der Waals surface area (Å²) in [6.07, 6.45) is 27.4. The molecule has 0 aliphatic carbocycles. The molecule has 0 spiro atoms. The van der Waals surface area contributed by atoms with Gasteiger partial charge in [0.1, 0.15) is 0 Å². The van der Waals surface area contributed by atoms with E-state index in [9.17, 15) is 0 Å². The first kappa shape index (κ1) is 24.0. The van der Waals surface area contributed by atoms with Crippen molar-refractivity contribution in [2.45, 2.75) is 136 Å². The zero-order valence-electron chi connectivity index (χ0n) is 17.3. The van der Waals surface area contributed by atoms with Gasteiger partial charge < -0.3 is 5.32 Å². The minimum Gasteiger partial charge on any atom is -0.317 e. The Morgan fingerprint density at radius 3 is 1.00 bits per heavy atom. The van der Waals surface area contributed by atoms with Crippen molar-refractivity contribution in [3.05, 3.63) is 0 Å². The van der Waals surface area contributed by atoms with Gasteiger partial charge in [-0.2, -0.15) is 0 Å². The fraction of sp³-hybridized carbons (Fsp3) is 1.00. The summed E-state index contributed by atoms with van der Waals surface area (Å²) in [6.45, 7) is 7.01. The average Bonchev–Trinajstić information content (AvgIpc) is 2.60. The molecule has 0 rings (SSSR count). The van der Waals surface area contributed by atoms with Gasteiger partial charge in [-0.05, 0) is 25.9 Å². The van der Waals surface area contributed by atoms with Crippen molar-refractivity contribution in [1.82, 2.24) is 5.32 Å². The summed E-state index contributed by atoms with van der Waals surface area (Å²) in [4.78, 5) is 0. The highest BCUT2D eigenvalue weighted by molar-refractivity contribution is 4.52. The van der Waals surface area contributed by atoms with E-state index in [0.717, 1.165) is 0 Å². The van der Waals surface area contributed by atoms with Crippen LogP contribution in [-0.2, 0) is 0 Å². The highest BCUT2D eigenvalue weighted by Crippen LogP contribution is 2.13. The second kappa shape index (κ2) is 23.0. The van der Waals surface area contributed by atoms with Crippen LogP contribution in [0.1, 0.15) is 136 Å². The SMILES string of the molecule is CCCCCCCCCCCCCCCCCCCNCCCC. The molecule has 0 amide bonds. The lowest BCUT2D eigenvalue weighted by Gasteiger charge is -2.04. The van der Waals surface area contributed by atoms with Crippen LogP contribution in [0.4, 0.5) is 0 Å². The van der Waals surface area contributed by atoms with E-state index in [4.69, 9.17) is 0 Å². The van der Waals surface area contributed by atoms with E-state index in [1.54, 1.807) is 0 Å². The van der Waals surface area contributed by atoms with Crippen LogP contribution in [0.15, 0.2) is 0 Å². The molecule has 1 heteroatoms. The molecule has 0 aromatic heterocycles. The van der Waals surface area contributed by atoms with Gasteiger partial charge >= 0.3 is 0 Å². The predicted octanol–water partition coefficient (Wildman–Crippen LogP) is 8.03. The Kier molecular flexibility index (Phi) is 22.9. The second-order valence-electron chi connectivity index (χ2n) is 7.76. The molecule has 1 nitrogen and oxygen atoms in total. The summed E-state index contributed by atoms with van der Waals surface area (Å²) in [5.74, 6) is 0. The zero-order chi connectivity index (χ0) is 17.6. The van der Waals surface area contributed by atoms with E-state index < -0.39 is 0 Å². The number of hydrogen-bond acceptors (Lipinski definition) is 1. The van der Waals surface area contributed by atoms with E-state index in [1.807, 2.05) is 0 Å². The Morgan fingerprint density at radius 1 is 0.333 bits per heavy atom. The van der Waals surface area contributed by atoms with Crippen LogP contribution in [-0.4, -0.2) is 13.1 Å². The van der Waals surface area contributed by atoms with Gasteiger partial charge in [-0.25, -0.2) is 0 Å². The second-order valence-corrected chi connectivity index (χ2v) is 7.76. The lowest BCUT2D eigenvalue weighted by molar-refractivity contribution is 0.522. The molecule has 0 fully saturated rings. The first-order valence-electron chi connectivity index (χ1n) is 11.6. The van der Waals surface area contributed by atoms with Crippen LogP contribution in [0.25, 0.3) is 0 Å². The van der Waals surface area contributed by atoms with Crippen LogP contribution < -0.4 is 5.32 Å². The number of nitrogens with one attached hydrogen (secondary N) is 1. The Bertz CT molecular complexity index is 180. The molecule has 0 aromatic carbocycles. The Hall–Kier alpha value is -0.0400. The van der Waals surface area contributed by atoms with Gasteiger partial charge in [0, 0.05) is 0 Å². The first-order chi connectivity index (χ1) is 11.9. The summed E-state index contributed by atoms with van der Waals surface area (Å²) >= 11 is 0. The zero-order valence-corrected chi connectivity index (χ0v) is 17.3. The average molecular weight is 340 g/mol. The highest BCUT2D eigenvalue weighted by atomic mass is 14.8. The fourth-order valence-electron chi connectivity index (χ4n) is 3.40. The summed E-state index contributed by atoms with van der Waals surface area (Å²) in [7, 11) is 0. The normalized spacial score (nSPS) is 11.2. The highest BCUT2D eigenvalue weighted by Gasteiger charge is 1.95. The third kappa shape index (κ3) is 22.0. The smallest absolute Gasteiger partial charge is 0.00489 e. The Balaban J connectivity index is 2.93. The third-order valence-electron chi connectivity index (χ3n) is 5.16. The minimum absolute atomic E-state index is 1.22. The van der Waals surface area contributed by atoms with E-state index in [1.165, 1.54) is 135 Å². The van der Waals surface area contributed by atoms with Gasteiger partial charge in [-0.3, -0.25) is 0 Å².